The van der Waals surface area contributed by atoms with Crippen molar-refractivity contribution < 1.29 is 13.2 Å². The fourth-order valence-corrected chi connectivity index (χ4v) is 4.70. The third-order valence-corrected chi connectivity index (χ3v) is 6.67. The van der Waals surface area contributed by atoms with E-state index in [9.17, 15) is 13.2 Å². The molecule has 0 unspecified atom stereocenters. The van der Waals surface area contributed by atoms with E-state index in [0.29, 0.717) is 31.0 Å². The molecular formula is C24H25N3O3S. The number of urea groups is 1. The number of amides is 2. The Labute approximate surface area is 183 Å². The highest BCUT2D eigenvalue weighted by atomic mass is 32.2. The van der Waals surface area contributed by atoms with E-state index < -0.39 is 10.0 Å². The Bertz CT molecular complexity index is 1160. The molecular weight excluding hydrogens is 410 g/mol. The Morgan fingerprint density at radius 3 is 2.39 bits per heavy atom. The van der Waals surface area contributed by atoms with E-state index in [4.69, 9.17) is 0 Å². The molecule has 7 heteroatoms. The highest BCUT2D eigenvalue weighted by molar-refractivity contribution is 7.92. The number of nitrogens with zero attached hydrogens (tertiary/aromatic N) is 2. The number of nitrogens with one attached hydrogen (secondary N) is 1. The number of hydrogen-bond acceptors (Lipinski definition) is 3. The molecule has 3 aromatic carbocycles. The van der Waals surface area contributed by atoms with Crippen LogP contribution in [0.4, 0.5) is 16.2 Å². The van der Waals surface area contributed by atoms with Crippen molar-refractivity contribution in [3.63, 3.8) is 0 Å². The molecule has 0 spiro atoms. The summed E-state index contributed by atoms with van der Waals surface area (Å²) in [5.74, 6) is 0. The van der Waals surface area contributed by atoms with Gasteiger partial charge in [0.15, 0.2) is 0 Å². The van der Waals surface area contributed by atoms with Crippen LogP contribution in [0.15, 0.2) is 83.8 Å². The van der Waals surface area contributed by atoms with Crippen LogP contribution in [0.2, 0.25) is 0 Å². The van der Waals surface area contributed by atoms with Crippen molar-refractivity contribution in [3.8, 4) is 0 Å². The summed E-state index contributed by atoms with van der Waals surface area (Å²) in [5.41, 5.74) is 3.37. The minimum absolute atomic E-state index is 0.0742. The molecule has 0 radical (unpaired) electrons. The highest BCUT2D eigenvalue weighted by Gasteiger charge is 2.27. The minimum atomic E-state index is -3.69. The van der Waals surface area contributed by atoms with Crippen molar-refractivity contribution in [2.75, 3.05) is 22.7 Å². The molecule has 0 bridgehead atoms. The van der Waals surface area contributed by atoms with E-state index in [1.54, 1.807) is 53.4 Å². The normalized spacial score (nSPS) is 14.5. The molecule has 1 fully saturated rings. The SMILES string of the molecule is Cc1ccc(CN2CCCN(c3cccc(NS(=O)(=O)c4ccccc4)c3)C2=O)cc1. The molecule has 160 valence electrons. The van der Waals surface area contributed by atoms with Crippen LogP contribution in [0.5, 0.6) is 0 Å². The van der Waals surface area contributed by atoms with Gasteiger partial charge in [-0.25, -0.2) is 13.2 Å². The molecule has 1 aliphatic heterocycles. The number of rotatable bonds is 6. The van der Waals surface area contributed by atoms with Crippen LogP contribution in [0.25, 0.3) is 0 Å². The molecule has 31 heavy (non-hydrogen) atoms. The van der Waals surface area contributed by atoms with E-state index in [0.717, 1.165) is 12.0 Å². The molecule has 0 saturated carbocycles. The first-order valence-corrected chi connectivity index (χ1v) is 11.7. The largest absolute Gasteiger partial charge is 0.324 e. The maximum atomic E-state index is 13.1. The Balaban J connectivity index is 1.51. The molecule has 0 aliphatic carbocycles. The number of benzene rings is 3. The highest BCUT2D eigenvalue weighted by Crippen LogP contribution is 2.26. The number of carbonyl (C=O) groups is 1. The number of sulfonamides is 1. The number of anilines is 2. The third-order valence-electron chi connectivity index (χ3n) is 5.27. The zero-order chi connectivity index (χ0) is 21.8. The van der Waals surface area contributed by atoms with Gasteiger partial charge in [0.2, 0.25) is 0 Å². The molecule has 1 saturated heterocycles. The van der Waals surface area contributed by atoms with Crippen LogP contribution in [-0.4, -0.2) is 32.4 Å². The fourth-order valence-electron chi connectivity index (χ4n) is 3.63. The number of aryl methyl sites for hydroxylation is 1. The standard InChI is InChI=1S/C24H25N3O3S/c1-19-11-13-20(14-12-19)18-26-15-6-16-27(24(26)28)22-8-5-7-21(17-22)25-31(29,30)23-9-3-2-4-10-23/h2-5,7-14,17,25H,6,15-16,18H2,1H3. The summed E-state index contributed by atoms with van der Waals surface area (Å²) in [5, 5.41) is 0. The molecule has 6 nitrogen and oxygen atoms in total. The summed E-state index contributed by atoms with van der Waals surface area (Å²) in [6.07, 6.45) is 0.845. The van der Waals surface area contributed by atoms with E-state index in [1.165, 1.54) is 5.56 Å². The van der Waals surface area contributed by atoms with Crippen molar-refractivity contribution in [2.24, 2.45) is 0 Å². The predicted octanol–water partition coefficient (Wildman–Crippen LogP) is 4.63. The second kappa shape index (κ2) is 8.81. The summed E-state index contributed by atoms with van der Waals surface area (Å²) in [6, 6.07) is 23.3. The number of carbonyl (C=O) groups excluding carboxylic acids is 1. The van der Waals surface area contributed by atoms with Crippen LogP contribution in [0, 0.1) is 6.92 Å². The molecule has 2 amide bonds. The quantitative estimate of drug-likeness (QED) is 0.614. The minimum Gasteiger partial charge on any atom is -0.320 e. The van der Waals surface area contributed by atoms with Gasteiger partial charge < -0.3 is 4.90 Å². The van der Waals surface area contributed by atoms with Crippen molar-refractivity contribution in [1.29, 1.82) is 0 Å². The lowest BCUT2D eigenvalue weighted by molar-refractivity contribution is 0.192. The molecule has 1 N–H and O–H groups in total. The topological polar surface area (TPSA) is 69.7 Å². The van der Waals surface area contributed by atoms with E-state index in [-0.39, 0.29) is 10.9 Å². The van der Waals surface area contributed by atoms with Gasteiger partial charge in [-0.3, -0.25) is 9.62 Å². The van der Waals surface area contributed by atoms with Crippen molar-refractivity contribution in [3.05, 3.63) is 90.0 Å². The van der Waals surface area contributed by atoms with Gasteiger partial charge in [-0.05, 0) is 49.2 Å². The van der Waals surface area contributed by atoms with Gasteiger partial charge in [-0.1, -0.05) is 54.1 Å². The Hall–Kier alpha value is -3.32. The van der Waals surface area contributed by atoms with Gasteiger partial charge in [0.25, 0.3) is 10.0 Å². The van der Waals surface area contributed by atoms with Gasteiger partial charge in [0, 0.05) is 25.3 Å². The Morgan fingerprint density at radius 2 is 1.65 bits per heavy atom. The third kappa shape index (κ3) is 4.88. The van der Waals surface area contributed by atoms with Crippen LogP contribution >= 0.6 is 0 Å². The van der Waals surface area contributed by atoms with Crippen molar-refractivity contribution in [2.45, 2.75) is 24.8 Å². The summed E-state index contributed by atoms with van der Waals surface area (Å²) in [7, 11) is -3.69. The van der Waals surface area contributed by atoms with Crippen molar-refractivity contribution in [1.82, 2.24) is 4.90 Å². The van der Waals surface area contributed by atoms with Crippen LogP contribution in [0.3, 0.4) is 0 Å². The average molecular weight is 436 g/mol. The monoisotopic (exact) mass is 435 g/mol. The van der Waals surface area contributed by atoms with Crippen molar-refractivity contribution >= 4 is 27.4 Å². The summed E-state index contributed by atoms with van der Waals surface area (Å²) in [6.45, 7) is 3.88. The summed E-state index contributed by atoms with van der Waals surface area (Å²) in [4.78, 5) is 16.9. The lowest BCUT2D eigenvalue weighted by Gasteiger charge is -2.36. The molecule has 0 aromatic heterocycles. The van der Waals surface area contributed by atoms with Crippen LogP contribution < -0.4 is 9.62 Å². The van der Waals surface area contributed by atoms with Crippen LogP contribution in [-0.2, 0) is 16.6 Å². The molecule has 4 rings (SSSR count). The van der Waals surface area contributed by atoms with Gasteiger partial charge in [0.1, 0.15) is 0 Å². The zero-order valence-electron chi connectivity index (χ0n) is 17.4. The van der Waals surface area contributed by atoms with Gasteiger partial charge >= 0.3 is 6.03 Å². The average Bonchev–Trinajstić information content (AvgIpc) is 2.77. The smallest absolute Gasteiger partial charge is 0.320 e. The Morgan fingerprint density at radius 1 is 0.903 bits per heavy atom. The maximum Gasteiger partial charge on any atom is 0.324 e. The zero-order valence-corrected chi connectivity index (χ0v) is 18.2. The first-order chi connectivity index (χ1) is 14.9. The lowest BCUT2D eigenvalue weighted by Crippen LogP contribution is -2.49. The molecule has 1 aliphatic rings. The predicted molar refractivity (Wildman–Crippen MR) is 123 cm³/mol. The van der Waals surface area contributed by atoms with E-state index in [1.807, 2.05) is 42.2 Å². The second-order valence-electron chi connectivity index (χ2n) is 7.66. The maximum absolute atomic E-state index is 13.1. The summed E-state index contributed by atoms with van der Waals surface area (Å²) < 4.78 is 27.9. The van der Waals surface area contributed by atoms with E-state index in [2.05, 4.69) is 4.72 Å². The van der Waals surface area contributed by atoms with Crippen LogP contribution in [0.1, 0.15) is 17.5 Å². The molecule has 0 atom stereocenters. The fraction of sp³-hybridized carbons (Fsp3) is 0.208. The first kappa shape index (κ1) is 20.9. The second-order valence-corrected chi connectivity index (χ2v) is 9.35. The number of hydrogen-bond donors (Lipinski definition) is 1. The molecule has 1 heterocycles. The lowest BCUT2D eigenvalue weighted by atomic mass is 10.1. The molecule has 3 aromatic rings. The van der Waals surface area contributed by atoms with E-state index >= 15 is 0 Å². The van der Waals surface area contributed by atoms with Gasteiger partial charge in [0.05, 0.1) is 10.6 Å². The van der Waals surface area contributed by atoms with Gasteiger partial charge in [-0.2, -0.15) is 0 Å². The Kier molecular flexibility index (Phi) is 5.95. The van der Waals surface area contributed by atoms with Gasteiger partial charge in [-0.15, -0.1) is 0 Å². The summed E-state index contributed by atoms with van der Waals surface area (Å²) >= 11 is 0. The first-order valence-electron chi connectivity index (χ1n) is 10.2.